The zero-order valence-corrected chi connectivity index (χ0v) is 23.5. The molecule has 3 rings (SSSR count). The van der Waals surface area contributed by atoms with E-state index in [1.54, 1.807) is 12.1 Å². The number of hydrogen-bond donors (Lipinski definition) is 4. The van der Waals surface area contributed by atoms with Crippen molar-refractivity contribution >= 4 is 47.3 Å². The number of hydrogen-bond acceptors (Lipinski definition) is 7. The van der Waals surface area contributed by atoms with E-state index in [4.69, 9.17) is 42.6 Å². The number of nitrogens with zero attached hydrogens (tertiary/aromatic N) is 2. The topological polar surface area (TPSA) is 142 Å². The minimum absolute atomic E-state index is 0.0238. The summed E-state index contributed by atoms with van der Waals surface area (Å²) >= 11 is 12.0. The summed E-state index contributed by atoms with van der Waals surface area (Å²) in [6, 6.07) is 8.47. The van der Waals surface area contributed by atoms with Crippen LogP contribution < -0.4 is 20.7 Å². The van der Waals surface area contributed by atoms with Gasteiger partial charge in [0.25, 0.3) is 12.4 Å². The molecule has 4 N–H and O–H groups in total. The highest BCUT2D eigenvalue weighted by Crippen LogP contribution is 2.26. The van der Waals surface area contributed by atoms with Crippen LogP contribution in [0, 0.1) is 0 Å². The summed E-state index contributed by atoms with van der Waals surface area (Å²) in [5.74, 6) is -0.150. The number of rotatable bonds is 11. The molecule has 1 aromatic carbocycles. The third-order valence-electron chi connectivity index (χ3n) is 5.60. The Balaban J connectivity index is 0.00000170. The maximum Gasteiger partial charge on any atom is 0.319 e. The van der Waals surface area contributed by atoms with Crippen LogP contribution in [0.2, 0.25) is 10.0 Å². The van der Waals surface area contributed by atoms with Crippen molar-refractivity contribution in [1.82, 2.24) is 20.5 Å². The van der Waals surface area contributed by atoms with Gasteiger partial charge < -0.3 is 30.5 Å². The van der Waals surface area contributed by atoms with E-state index in [1.165, 1.54) is 12.3 Å². The predicted octanol–water partition coefficient (Wildman–Crippen LogP) is 3.80. The average Bonchev–Trinajstić information content (AvgIpc) is 2.91. The molecule has 0 radical (unpaired) electrons. The smallest absolute Gasteiger partial charge is 0.319 e. The number of nitrogens with one attached hydrogen (secondary N) is 3. The first-order valence-corrected chi connectivity index (χ1v) is 13.4. The number of urea groups is 1. The van der Waals surface area contributed by atoms with Gasteiger partial charge in [-0.2, -0.15) is 0 Å². The monoisotopic (exact) mass is 583 g/mol. The Morgan fingerprint density at radius 3 is 2.74 bits per heavy atom. The number of aromatic nitrogens is 1. The van der Waals surface area contributed by atoms with Crippen molar-refractivity contribution in [2.45, 2.75) is 45.4 Å². The summed E-state index contributed by atoms with van der Waals surface area (Å²) in [6.45, 7) is 7.88. The summed E-state index contributed by atoms with van der Waals surface area (Å²) in [5.41, 5.74) is 1.45. The second-order valence-electron chi connectivity index (χ2n) is 8.61. The van der Waals surface area contributed by atoms with Gasteiger partial charge in [0, 0.05) is 38.1 Å². The van der Waals surface area contributed by atoms with E-state index >= 15 is 0 Å². The lowest BCUT2D eigenvalue weighted by Crippen LogP contribution is -2.48. The molecule has 214 valence electrons. The van der Waals surface area contributed by atoms with Gasteiger partial charge in [-0.25, -0.2) is 9.78 Å². The normalized spacial score (nSPS) is 15.7. The minimum atomic E-state index is -0.765. The van der Waals surface area contributed by atoms with Gasteiger partial charge in [-0.1, -0.05) is 49.2 Å². The fourth-order valence-corrected chi connectivity index (χ4v) is 4.24. The zero-order chi connectivity index (χ0) is 28.6. The Hall–Kier alpha value is -3.12. The average molecular weight is 585 g/mol. The highest BCUT2D eigenvalue weighted by atomic mass is 35.5. The van der Waals surface area contributed by atoms with Crippen LogP contribution in [0.1, 0.15) is 32.3 Å². The summed E-state index contributed by atoms with van der Waals surface area (Å²) in [4.78, 5) is 39.8. The number of pyridine rings is 1. The van der Waals surface area contributed by atoms with Gasteiger partial charge in [0.05, 0.1) is 17.7 Å². The molecule has 1 fully saturated rings. The van der Waals surface area contributed by atoms with Gasteiger partial charge in [0.2, 0.25) is 5.88 Å². The Bertz CT molecular complexity index is 1070. The highest BCUT2D eigenvalue weighted by Gasteiger charge is 2.21. The molecule has 1 aliphatic heterocycles. The summed E-state index contributed by atoms with van der Waals surface area (Å²) in [7, 11) is 0. The van der Waals surface area contributed by atoms with E-state index in [-0.39, 0.29) is 42.0 Å². The Morgan fingerprint density at radius 1 is 1.28 bits per heavy atom. The number of halogens is 2. The molecule has 13 heteroatoms. The van der Waals surface area contributed by atoms with Crippen LogP contribution in [-0.4, -0.2) is 78.4 Å². The first-order chi connectivity index (χ1) is 18.8. The minimum Gasteiger partial charge on any atom is -0.483 e. The van der Waals surface area contributed by atoms with Crippen LogP contribution in [-0.2, 0) is 20.9 Å². The van der Waals surface area contributed by atoms with E-state index in [0.717, 1.165) is 31.6 Å². The van der Waals surface area contributed by atoms with Crippen LogP contribution in [0.25, 0.3) is 0 Å². The lowest BCUT2D eigenvalue weighted by atomic mass is 10.2. The van der Waals surface area contributed by atoms with E-state index in [0.29, 0.717) is 30.3 Å². The van der Waals surface area contributed by atoms with E-state index in [2.05, 4.69) is 32.8 Å². The SMILES string of the molecule is CCCN1CCOC(CNC(=O)Nc2cccc(CNC(=O)C(CC)Oc3ncc(Cl)cc3Cl)c2)C1.O=CO. The third kappa shape index (κ3) is 11.7. The molecule has 2 unspecified atom stereocenters. The molecule has 2 heterocycles. The molecule has 1 aliphatic rings. The molecule has 39 heavy (non-hydrogen) atoms. The van der Waals surface area contributed by atoms with Crippen molar-refractivity contribution < 1.29 is 29.0 Å². The van der Waals surface area contributed by atoms with Crippen molar-refractivity contribution in [2.75, 3.05) is 38.1 Å². The number of carboxylic acid groups (broad SMARTS) is 1. The Morgan fingerprint density at radius 2 is 2.05 bits per heavy atom. The first kappa shape index (κ1) is 32.1. The van der Waals surface area contributed by atoms with Gasteiger partial charge in [0.15, 0.2) is 6.10 Å². The van der Waals surface area contributed by atoms with Gasteiger partial charge in [-0.3, -0.25) is 14.5 Å². The first-order valence-electron chi connectivity index (χ1n) is 12.6. The third-order valence-corrected chi connectivity index (χ3v) is 6.07. The molecule has 1 saturated heterocycles. The summed E-state index contributed by atoms with van der Waals surface area (Å²) in [5, 5.41) is 16.1. The summed E-state index contributed by atoms with van der Waals surface area (Å²) in [6.07, 6.45) is 2.14. The number of morpholine rings is 1. The number of carbonyl (C=O) groups is 3. The van der Waals surface area contributed by atoms with E-state index in [1.807, 2.05) is 19.1 Å². The number of benzene rings is 1. The van der Waals surface area contributed by atoms with Crippen LogP contribution in [0.4, 0.5) is 10.5 Å². The van der Waals surface area contributed by atoms with Crippen molar-refractivity contribution in [3.63, 3.8) is 0 Å². The molecule has 2 atom stereocenters. The van der Waals surface area contributed by atoms with Crippen LogP contribution >= 0.6 is 23.2 Å². The number of anilines is 1. The Kier molecular flexibility index (Phi) is 14.4. The fourth-order valence-electron chi connectivity index (χ4n) is 3.81. The van der Waals surface area contributed by atoms with Crippen molar-refractivity contribution in [3.05, 3.63) is 52.1 Å². The molecule has 0 bridgehead atoms. The maximum atomic E-state index is 12.7. The van der Waals surface area contributed by atoms with E-state index < -0.39 is 6.10 Å². The highest BCUT2D eigenvalue weighted by molar-refractivity contribution is 6.35. The second kappa shape index (κ2) is 17.5. The lowest BCUT2D eigenvalue weighted by molar-refractivity contribution is -0.128. The van der Waals surface area contributed by atoms with Crippen molar-refractivity contribution in [3.8, 4) is 5.88 Å². The maximum absolute atomic E-state index is 12.7. The van der Waals surface area contributed by atoms with Gasteiger partial charge >= 0.3 is 6.03 Å². The molecule has 2 aromatic rings. The van der Waals surface area contributed by atoms with Crippen LogP contribution in [0.15, 0.2) is 36.5 Å². The quantitative estimate of drug-likeness (QED) is 0.293. The van der Waals surface area contributed by atoms with Gasteiger partial charge in [0.1, 0.15) is 5.02 Å². The number of carbonyl (C=O) groups excluding carboxylic acids is 2. The van der Waals surface area contributed by atoms with Crippen molar-refractivity contribution in [1.29, 1.82) is 0 Å². The van der Waals surface area contributed by atoms with Crippen LogP contribution in [0.3, 0.4) is 0 Å². The van der Waals surface area contributed by atoms with Crippen LogP contribution in [0.5, 0.6) is 5.88 Å². The second-order valence-corrected chi connectivity index (χ2v) is 9.45. The Labute approximate surface area is 238 Å². The zero-order valence-electron chi connectivity index (χ0n) is 22.0. The molecule has 0 aliphatic carbocycles. The standard InChI is InChI=1S/C25H33Cl2N5O4.CH2O2/c1-3-8-32-9-10-35-20(16-32)15-30-25(34)31-19-7-5-6-17(11-19)13-28-23(33)22(4-2)36-24-21(27)12-18(26)14-29-24;2-1-3/h5-7,11-12,14,20,22H,3-4,8-10,13,15-16H2,1-2H3,(H,28,33)(H2,30,31,34);1H,(H,2,3). The van der Waals surface area contributed by atoms with Crippen molar-refractivity contribution in [2.24, 2.45) is 0 Å². The predicted molar refractivity (Wildman–Crippen MR) is 149 cm³/mol. The molecule has 1 aromatic heterocycles. The molecule has 0 spiro atoms. The van der Waals surface area contributed by atoms with Gasteiger partial charge in [-0.15, -0.1) is 0 Å². The number of amides is 3. The largest absolute Gasteiger partial charge is 0.483 e. The summed E-state index contributed by atoms with van der Waals surface area (Å²) < 4.78 is 11.4. The molecular weight excluding hydrogens is 549 g/mol. The van der Waals surface area contributed by atoms with E-state index in [9.17, 15) is 9.59 Å². The molecule has 3 amide bonds. The van der Waals surface area contributed by atoms with Gasteiger partial charge in [-0.05, 0) is 43.1 Å². The molecule has 11 nitrogen and oxygen atoms in total. The fraction of sp³-hybridized carbons (Fsp3) is 0.462. The lowest BCUT2D eigenvalue weighted by Gasteiger charge is -2.32. The molecular formula is C26H35Cl2N5O6. The number of ether oxygens (including phenoxy) is 2. The molecule has 0 saturated carbocycles.